The predicted molar refractivity (Wildman–Crippen MR) is 71.5 cm³/mol. The second-order valence-corrected chi connectivity index (χ2v) is 5.81. The number of hydrogen-bond donors (Lipinski definition) is 2. The van der Waals surface area contributed by atoms with Crippen molar-refractivity contribution in [3.05, 3.63) is 0 Å². The van der Waals surface area contributed by atoms with E-state index in [0.717, 1.165) is 0 Å². The van der Waals surface area contributed by atoms with Crippen LogP contribution in [-0.4, -0.2) is 45.8 Å². The van der Waals surface area contributed by atoms with Crippen molar-refractivity contribution in [3.8, 4) is 6.07 Å². The number of nitrogens with zero attached hydrogens (tertiary/aromatic N) is 2. The number of hydrogen-bond acceptors (Lipinski definition) is 4. The van der Waals surface area contributed by atoms with Crippen LogP contribution in [-0.2, 0) is 4.79 Å². The molecule has 0 saturated heterocycles. The molecule has 1 rings (SSSR count). The second-order valence-electron chi connectivity index (χ2n) is 5.81. The van der Waals surface area contributed by atoms with Crippen molar-refractivity contribution >= 4 is 5.97 Å². The Hall–Kier alpha value is -1.12. The summed E-state index contributed by atoms with van der Waals surface area (Å²) in [6.45, 7) is 5.27. The molecule has 0 heterocycles. The van der Waals surface area contributed by atoms with Gasteiger partial charge in [0.1, 0.15) is 0 Å². The average Bonchev–Trinajstić information content (AvgIpc) is 2.34. The molecular formula is C14H24N2O3. The van der Waals surface area contributed by atoms with E-state index in [1.807, 2.05) is 13.8 Å². The molecule has 1 aliphatic rings. The molecule has 0 aromatic carbocycles. The first-order valence-electron chi connectivity index (χ1n) is 6.94. The largest absolute Gasteiger partial charge is 0.481 e. The minimum Gasteiger partial charge on any atom is -0.481 e. The number of carbonyl (C=O) groups is 1. The van der Waals surface area contributed by atoms with Crippen molar-refractivity contribution in [2.45, 2.75) is 57.6 Å². The molecule has 2 N–H and O–H groups in total. The maximum Gasteiger partial charge on any atom is 0.306 e. The van der Waals surface area contributed by atoms with E-state index in [0.29, 0.717) is 45.2 Å². The van der Waals surface area contributed by atoms with E-state index >= 15 is 0 Å². The zero-order valence-electron chi connectivity index (χ0n) is 11.8. The van der Waals surface area contributed by atoms with Gasteiger partial charge in [0.25, 0.3) is 0 Å². The number of aliphatic carboxylic acids is 1. The smallest absolute Gasteiger partial charge is 0.306 e. The standard InChI is InChI=1S/C14H24N2O3/c1-11(2)16(9-3-8-15)10-14(19)6-4-12(5-7-14)13(17)18/h11-12,19H,3-7,9-10H2,1-2H3,(H,17,18). The number of aliphatic hydroxyl groups is 1. The highest BCUT2D eigenvalue weighted by Gasteiger charge is 2.37. The quantitative estimate of drug-likeness (QED) is 0.764. The third-order valence-electron chi connectivity index (χ3n) is 4.00. The summed E-state index contributed by atoms with van der Waals surface area (Å²) in [7, 11) is 0. The molecule has 1 fully saturated rings. The van der Waals surface area contributed by atoms with Crippen molar-refractivity contribution in [2.75, 3.05) is 13.1 Å². The minimum atomic E-state index is -0.800. The Kier molecular flexibility index (Phi) is 5.77. The Bertz CT molecular complexity index is 341. The Morgan fingerprint density at radius 2 is 2.05 bits per heavy atom. The lowest BCUT2D eigenvalue weighted by Crippen LogP contribution is -2.48. The molecule has 0 unspecified atom stereocenters. The Balaban J connectivity index is 2.54. The molecule has 108 valence electrons. The van der Waals surface area contributed by atoms with Gasteiger partial charge in [-0.1, -0.05) is 0 Å². The Morgan fingerprint density at radius 1 is 1.47 bits per heavy atom. The summed E-state index contributed by atoms with van der Waals surface area (Å²) in [6.07, 6.45) is 2.58. The van der Waals surface area contributed by atoms with Gasteiger partial charge in [-0.2, -0.15) is 5.26 Å². The average molecular weight is 268 g/mol. The molecule has 0 atom stereocenters. The monoisotopic (exact) mass is 268 g/mol. The first kappa shape index (κ1) is 15.9. The lowest BCUT2D eigenvalue weighted by atomic mass is 9.78. The summed E-state index contributed by atoms with van der Waals surface area (Å²) < 4.78 is 0. The molecule has 0 aliphatic heterocycles. The van der Waals surface area contributed by atoms with Crippen LogP contribution in [0, 0.1) is 17.2 Å². The molecule has 0 aromatic heterocycles. The minimum absolute atomic E-state index is 0.273. The molecule has 19 heavy (non-hydrogen) atoms. The summed E-state index contributed by atoms with van der Waals surface area (Å²) >= 11 is 0. The maximum absolute atomic E-state index is 10.9. The Labute approximate surface area is 114 Å². The van der Waals surface area contributed by atoms with Gasteiger partial charge in [-0.15, -0.1) is 0 Å². The van der Waals surface area contributed by atoms with Crippen LogP contribution in [0.5, 0.6) is 0 Å². The molecule has 0 amide bonds. The number of carboxylic acid groups (broad SMARTS) is 1. The van der Waals surface area contributed by atoms with Crippen LogP contribution in [0.1, 0.15) is 46.0 Å². The fraction of sp³-hybridized carbons (Fsp3) is 0.857. The van der Waals surface area contributed by atoms with Gasteiger partial charge >= 0.3 is 5.97 Å². The number of nitriles is 1. The predicted octanol–water partition coefficient (Wildman–Crippen LogP) is 1.62. The van der Waals surface area contributed by atoms with E-state index in [4.69, 9.17) is 10.4 Å². The van der Waals surface area contributed by atoms with Crippen LogP contribution in [0.4, 0.5) is 0 Å². The SMILES string of the molecule is CC(C)N(CCC#N)CC1(O)CCC(C(=O)O)CC1. The molecule has 0 aromatic rings. The normalized spacial score (nSPS) is 27.5. The van der Waals surface area contributed by atoms with Gasteiger partial charge in [0.2, 0.25) is 0 Å². The van der Waals surface area contributed by atoms with Gasteiger partial charge in [-0.25, -0.2) is 0 Å². The summed E-state index contributed by atoms with van der Waals surface area (Å²) in [5.41, 5.74) is -0.800. The van der Waals surface area contributed by atoms with Gasteiger partial charge in [-0.05, 0) is 39.5 Å². The highest BCUT2D eigenvalue weighted by Crippen LogP contribution is 2.33. The molecular weight excluding hydrogens is 244 g/mol. The van der Waals surface area contributed by atoms with Gasteiger partial charge in [0.15, 0.2) is 0 Å². The number of carboxylic acids is 1. The highest BCUT2D eigenvalue weighted by molar-refractivity contribution is 5.70. The van der Waals surface area contributed by atoms with Crippen molar-refractivity contribution in [1.82, 2.24) is 4.90 Å². The third kappa shape index (κ3) is 4.81. The maximum atomic E-state index is 10.9. The van der Waals surface area contributed by atoms with E-state index < -0.39 is 11.6 Å². The first-order chi connectivity index (χ1) is 8.88. The zero-order chi connectivity index (χ0) is 14.5. The van der Waals surface area contributed by atoms with Gasteiger partial charge in [-0.3, -0.25) is 9.69 Å². The van der Waals surface area contributed by atoms with Crippen molar-refractivity contribution in [2.24, 2.45) is 5.92 Å². The fourth-order valence-electron chi connectivity index (χ4n) is 2.65. The van der Waals surface area contributed by atoms with E-state index in [1.54, 1.807) is 0 Å². The van der Waals surface area contributed by atoms with Crippen LogP contribution >= 0.6 is 0 Å². The highest BCUT2D eigenvalue weighted by atomic mass is 16.4. The number of rotatable bonds is 6. The molecule has 0 bridgehead atoms. The summed E-state index contributed by atoms with van der Waals surface area (Å²) in [5.74, 6) is -1.07. The van der Waals surface area contributed by atoms with E-state index in [1.165, 1.54) is 0 Å². The van der Waals surface area contributed by atoms with E-state index in [2.05, 4.69) is 11.0 Å². The first-order valence-corrected chi connectivity index (χ1v) is 6.94. The van der Waals surface area contributed by atoms with Gasteiger partial charge in [0.05, 0.1) is 17.6 Å². The Morgan fingerprint density at radius 3 is 2.47 bits per heavy atom. The van der Waals surface area contributed by atoms with Crippen LogP contribution < -0.4 is 0 Å². The molecule has 5 nitrogen and oxygen atoms in total. The second kappa shape index (κ2) is 6.88. The lowest BCUT2D eigenvalue weighted by molar-refractivity contribution is -0.145. The summed E-state index contributed by atoms with van der Waals surface area (Å²) in [6, 6.07) is 2.40. The van der Waals surface area contributed by atoms with Gasteiger partial charge in [0, 0.05) is 25.6 Å². The topological polar surface area (TPSA) is 84.6 Å². The molecule has 0 radical (unpaired) electrons. The van der Waals surface area contributed by atoms with E-state index in [9.17, 15) is 9.90 Å². The van der Waals surface area contributed by atoms with Crippen molar-refractivity contribution < 1.29 is 15.0 Å². The van der Waals surface area contributed by atoms with Crippen LogP contribution in [0.2, 0.25) is 0 Å². The summed E-state index contributed by atoms with van der Waals surface area (Å²) in [4.78, 5) is 13.0. The molecule has 0 spiro atoms. The van der Waals surface area contributed by atoms with Crippen LogP contribution in [0.15, 0.2) is 0 Å². The zero-order valence-corrected chi connectivity index (χ0v) is 11.8. The van der Waals surface area contributed by atoms with Crippen molar-refractivity contribution in [1.29, 1.82) is 5.26 Å². The van der Waals surface area contributed by atoms with Gasteiger partial charge < -0.3 is 10.2 Å². The molecule has 1 aliphatic carbocycles. The fourth-order valence-corrected chi connectivity index (χ4v) is 2.65. The van der Waals surface area contributed by atoms with E-state index in [-0.39, 0.29) is 12.0 Å². The third-order valence-corrected chi connectivity index (χ3v) is 4.00. The van der Waals surface area contributed by atoms with Crippen LogP contribution in [0.3, 0.4) is 0 Å². The summed E-state index contributed by atoms with van der Waals surface area (Å²) in [5, 5.41) is 28.2. The van der Waals surface area contributed by atoms with Crippen LogP contribution in [0.25, 0.3) is 0 Å². The van der Waals surface area contributed by atoms with Crippen molar-refractivity contribution in [3.63, 3.8) is 0 Å². The lowest BCUT2D eigenvalue weighted by Gasteiger charge is -2.39. The molecule has 1 saturated carbocycles. The molecule has 5 heteroatoms.